The van der Waals surface area contributed by atoms with Gasteiger partial charge in [-0.15, -0.1) is 0 Å². The molecule has 3 aromatic rings. The Morgan fingerprint density at radius 3 is 2.71 bits per heavy atom. The molecule has 0 radical (unpaired) electrons. The van der Waals surface area contributed by atoms with Gasteiger partial charge in [0, 0.05) is 22.1 Å². The van der Waals surface area contributed by atoms with Crippen LogP contribution in [0.25, 0.3) is 10.9 Å². The van der Waals surface area contributed by atoms with Crippen LogP contribution in [0.5, 0.6) is 0 Å². The Kier molecular flexibility index (Phi) is 3.93. The molecule has 1 aromatic heterocycles. The Labute approximate surface area is 133 Å². The molecule has 0 amide bonds. The summed E-state index contributed by atoms with van der Waals surface area (Å²) in [5.41, 5.74) is 4.62. The van der Waals surface area contributed by atoms with Gasteiger partial charge < -0.3 is 5.32 Å². The van der Waals surface area contributed by atoms with E-state index in [2.05, 4.69) is 88.6 Å². The number of hydrogen-bond acceptors (Lipinski definition) is 2. The van der Waals surface area contributed by atoms with Gasteiger partial charge in [-0.2, -0.15) is 0 Å². The minimum Gasteiger partial charge on any atom is -0.377 e. The van der Waals surface area contributed by atoms with Crippen LogP contribution in [0.3, 0.4) is 0 Å². The zero-order valence-corrected chi connectivity index (χ0v) is 13.7. The highest BCUT2D eigenvalue weighted by Crippen LogP contribution is 2.27. The van der Waals surface area contributed by atoms with Crippen molar-refractivity contribution < 1.29 is 0 Å². The predicted octanol–water partition coefficient (Wildman–Crippen LogP) is 5.48. The molecule has 1 N–H and O–H groups in total. The lowest BCUT2D eigenvalue weighted by Crippen LogP contribution is -2.07. The quantitative estimate of drug-likeness (QED) is 0.682. The van der Waals surface area contributed by atoms with Crippen LogP contribution in [-0.2, 0) is 0 Å². The number of nitrogens with one attached hydrogen (secondary N) is 1. The maximum atomic E-state index is 4.54. The minimum absolute atomic E-state index is 0.237. The van der Waals surface area contributed by atoms with E-state index in [-0.39, 0.29) is 6.04 Å². The number of benzene rings is 2. The van der Waals surface area contributed by atoms with E-state index >= 15 is 0 Å². The van der Waals surface area contributed by atoms with E-state index in [1.165, 1.54) is 11.1 Å². The fourth-order valence-electron chi connectivity index (χ4n) is 2.51. The Hall–Kier alpha value is -1.87. The molecule has 0 saturated carbocycles. The summed E-state index contributed by atoms with van der Waals surface area (Å²) in [4.78, 5) is 4.54. The van der Waals surface area contributed by atoms with Gasteiger partial charge >= 0.3 is 0 Å². The molecule has 0 fully saturated rings. The van der Waals surface area contributed by atoms with E-state index in [4.69, 9.17) is 0 Å². The van der Waals surface area contributed by atoms with E-state index < -0.39 is 0 Å². The molecule has 0 aliphatic carbocycles. The number of anilines is 1. The maximum absolute atomic E-state index is 4.54. The summed E-state index contributed by atoms with van der Waals surface area (Å²) in [6, 6.07) is 17.1. The standard InChI is InChI=1S/C18H17BrN2/c1-12-5-3-6-14(9-12)13(2)21-17-8-4-7-15-10-16(19)11-20-18(15)17/h3-11,13,21H,1-2H3. The molecule has 0 spiro atoms. The van der Waals surface area contributed by atoms with Crippen molar-refractivity contribution in [3.05, 3.63) is 70.3 Å². The van der Waals surface area contributed by atoms with Crippen molar-refractivity contribution in [1.29, 1.82) is 0 Å². The maximum Gasteiger partial charge on any atom is 0.0934 e. The van der Waals surface area contributed by atoms with E-state index in [0.717, 1.165) is 21.1 Å². The zero-order chi connectivity index (χ0) is 14.8. The molecule has 1 atom stereocenters. The Morgan fingerprint density at radius 1 is 1.10 bits per heavy atom. The summed E-state index contributed by atoms with van der Waals surface area (Å²) in [6.45, 7) is 4.29. The molecule has 0 saturated heterocycles. The average molecular weight is 341 g/mol. The molecule has 1 unspecified atom stereocenters. The highest BCUT2D eigenvalue weighted by molar-refractivity contribution is 9.10. The molecule has 21 heavy (non-hydrogen) atoms. The predicted molar refractivity (Wildman–Crippen MR) is 92.7 cm³/mol. The fourth-order valence-corrected chi connectivity index (χ4v) is 2.86. The largest absolute Gasteiger partial charge is 0.377 e. The van der Waals surface area contributed by atoms with Gasteiger partial charge in [-0.05, 0) is 47.5 Å². The first-order valence-electron chi connectivity index (χ1n) is 7.01. The van der Waals surface area contributed by atoms with Crippen LogP contribution in [0, 0.1) is 6.92 Å². The van der Waals surface area contributed by atoms with Crippen molar-refractivity contribution in [1.82, 2.24) is 4.98 Å². The number of fused-ring (bicyclic) bond motifs is 1. The Morgan fingerprint density at radius 2 is 1.90 bits per heavy atom. The molecule has 0 bridgehead atoms. The summed E-state index contributed by atoms with van der Waals surface area (Å²) in [6.07, 6.45) is 1.84. The number of para-hydroxylation sites is 1. The Balaban J connectivity index is 1.94. The molecular weight excluding hydrogens is 324 g/mol. The first-order valence-corrected chi connectivity index (χ1v) is 7.80. The van der Waals surface area contributed by atoms with Crippen molar-refractivity contribution in [2.24, 2.45) is 0 Å². The van der Waals surface area contributed by atoms with Crippen LogP contribution in [-0.4, -0.2) is 4.98 Å². The first-order chi connectivity index (χ1) is 10.1. The molecule has 3 rings (SSSR count). The monoisotopic (exact) mass is 340 g/mol. The lowest BCUT2D eigenvalue weighted by atomic mass is 10.1. The summed E-state index contributed by atoms with van der Waals surface area (Å²) >= 11 is 3.47. The minimum atomic E-state index is 0.237. The smallest absolute Gasteiger partial charge is 0.0934 e. The summed E-state index contributed by atoms with van der Waals surface area (Å²) in [7, 11) is 0. The lowest BCUT2D eigenvalue weighted by Gasteiger charge is -2.17. The van der Waals surface area contributed by atoms with Crippen LogP contribution in [0.4, 0.5) is 5.69 Å². The van der Waals surface area contributed by atoms with Gasteiger partial charge in [-0.1, -0.05) is 42.0 Å². The molecule has 1 heterocycles. The van der Waals surface area contributed by atoms with E-state index in [1.807, 2.05) is 6.20 Å². The second kappa shape index (κ2) is 5.86. The molecule has 2 nitrogen and oxygen atoms in total. The van der Waals surface area contributed by atoms with Crippen LogP contribution in [0.1, 0.15) is 24.1 Å². The summed E-state index contributed by atoms with van der Waals surface area (Å²) in [5, 5.41) is 4.70. The second-order valence-corrected chi connectivity index (χ2v) is 6.23. The lowest BCUT2D eigenvalue weighted by molar-refractivity contribution is 0.884. The van der Waals surface area contributed by atoms with Crippen LogP contribution in [0.15, 0.2) is 59.2 Å². The number of pyridine rings is 1. The van der Waals surface area contributed by atoms with Crippen molar-refractivity contribution in [2.45, 2.75) is 19.9 Å². The van der Waals surface area contributed by atoms with Crippen LogP contribution < -0.4 is 5.32 Å². The van der Waals surface area contributed by atoms with Gasteiger partial charge in [0.05, 0.1) is 11.2 Å². The Bertz CT molecular complexity index is 783. The second-order valence-electron chi connectivity index (χ2n) is 5.31. The number of halogens is 1. The van der Waals surface area contributed by atoms with E-state index in [1.54, 1.807) is 0 Å². The molecule has 3 heteroatoms. The molecular formula is C18H17BrN2. The molecule has 0 aliphatic heterocycles. The van der Waals surface area contributed by atoms with Crippen molar-refractivity contribution >= 4 is 32.5 Å². The fraction of sp³-hybridized carbons (Fsp3) is 0.167. The number of aryl methyl sites for hydroxylation is 1. The van der Waals surface area contributed by atoms with Gasteiger partial charge in [0.15, 0.2) is 0 Å². The number of hydrogen-bond donors (Lipinski definition) is 1. The third-order valence-corrected chi connectivity index (χ3v) is 4.03. The summed E-state index contributed by atoms with van der Waals surface area (Å²) < 4.78 is 0.999. The van der Waals surface area contributed by atoms with Gasteiger partial charge in [0.1, 0.15) is 0 Å². The van der Waals surface area contributed by atoms with E-state index in [0.29, 0.717) is 0 Å². The first kappa shape index (κ1) is 14.1. The van der Waals surface area contributed by atoms with Crippen molar-refractivity contribution in [3.63, 3.8) is 0 Å². The SMILES string of the molecule is Cc1cccc(C(C)Nc2cccc3cc(Br)cnc23)c1. The average Bonchev–Trinajstić information content (AvgIpc) is 2.47. The van der Waals surface area contributed by atoms with Gasteiger partial charge in [0.25, 0.3) is 0 Å². The number of nitrogens with zero attached hydrogens (tertiary/aromatic N) is 1. The topological polar surface area (TPSA) is 24.9 Å². The van der Waals surface area contributed by atoms with E-state index in [9.17, 15) is 0 Å². The van der Waals surface area contributed by atoms with Crippen molar-refractivity contribution in [2.75, 3.05) is 5.32 Å². The highest BCUT2D eigenvalue weighted by Gasteiger charge is 2.08. The van der Waals surface area contributed by atoms with Gasteiger partial charge in [-0.25, -0.2) is 0 Å². The third kappa shape index (κ3) is 3.08. The summed E-state index contributed by atoms with van der Waals surface area (Å²) in [5.74, 6) is 0. The van der Waals surface area contributed by atoms with Crippen LogP contribution in [0.2, 0.25) is 0 Å². The van der Waals surface area contributed by atoms with Crippen LogP contribution >= 0.6 is 15.9 Å². The molecule has 2 aromatic carbocycles. The van der Waals surface area contributed by atoms with Gasteiger partial charge in [-0.3, -0.25) is 4.98 Å². The number of aromatic nitrogens is 1. The van der Waals surface area contributed by atoms with Gasteiger partial charge in [0.2, 0.25) is 0 Å². The van der Waals surface area contributed by atoms with Crippen molar-refractivity contribution in [3.8, 4) is 0 Å². The molecule has 106 valence electrons. The third-order valence-electron chi connectivity index (χ3n) is 3.59. The number of rotatable bonds is 3. The highest BCUT2D eigenvalue weighted by atomic mass is 79.9. The zero-order valence-electron chi connectivity index (χ0n) is 12.1. The molecule has 0 aliphatic rings. The normalized spacial score (nSPS) is 12.3.